The standard InChI is InChI=1S/C17H13ClN4O2S/c18-12-6-13-14(7-15(12)25-11-4-2-1-3-5-11)22-17(21-13)20-9-10(8-19)16(23)24/h1-9H,19H2,(H,21,22)(H,23,24)/b10-8+,20-9+. The Morgan fingerprint density at radius 2 is 2.08 bits per heavy atom. The molecule has 126 valence electrons. The summed E-state index contributed by atoms with van der Waals surface area (Å²) in [5.41, 5.74) is 6.51. The number of carboxylic acid groups (broad SMARTS) is 1. The maximum Gasteiger partial charge on any atom is 0.338 e. The van der Waals surface area contributed by atoms with E-state index in [1.165, 1.54) is 11.8 Å². The Balaban J connectivity index is 1.91. The van der Waals surface area contributed by atoms with E-state index < -0.39 is 5.97 Å². The lowest BCUT2D eigenvalue weighted by Gasteiger charge is -2.03. The van der Waals surface area contributed by atoms with Crippen LogP contribution in [0.2, 0.25) is 5.02 Å². The number of benzene rings is 2. The molecule has 0 saturated heterocycles. The molecule has 1 heterocycles. The highest BCUT2D eigenvalue weighted by molar-refractivity contribution is 7.99. The molecule has 25 heavy (non-hydrogen) atoms. The van der Waals surface area contributed by atoms with Gasteiger partial charge in [0.05, 0.1) is 21.6 Å². The van der Waals surface area contributed by atoms with Crippen molar-refractivity contribution in [1.82, 2.24) is 9.97 Å². The van der Waals surface area contributed by atoms with Gasteiger partial charge in [0.2, 0.25) is 5.95 Å². The maximum absolute atomic E-state index is 10.9. The molecule has 6 nitrogen and oxygen atoms in total. The minimum absolute atomic E-state index is 0.126. The largest absolute Gasteiger partial charge is 0.478 e. The summed E-state index contributed by atoms with van der Waals surface area (Å²) < 4.78 is 0. The van der Waals surface area contributed by atoms with Crippen molar-refractivity contribution in [3.63, 3.8) is 0 Å². The highest BCUT2D eigenvalue weighted by Gasteiger charge is 2.09. The quantitative estimate of drug-likeness (QED) is 0.464. The molecule has 0 atom stereocenters. The molecule has 0 unspecified atom stereocenters. The van der Waals surface area contributed by atoms with Crippen LogP contribution in [0.5, 0.6) is 0 Å². The molecule has 0 saturated carbocycles. The second kappa shape index (κ2) is 7.42. The van der Waals surface area contributed by atoms with Crippen molar-refractivity contribution < 1.29 is 9.90 Å². The normalized spacial score (nSPS) is 12.1. The van der Waals surface area contributed by atoms with Gasteiger partial charge in [0.25, 0.3) is 0 Å². The van der Waals surface area contributed by atoms with Gasteiger partial charge in [0, 0.05) is 22.2 Å². The number of aromatic amines is 1. The fourth-order valence-electron chi connectivity index (χ4n) is 2.05. The van der Waals surface area contributed by atoms with Crippen molar-refractivity contribution in [1.29, 1.82) is 0 Å². The SMILES string of the molecule is N/C=C(\C=N\c1nc2cc(Sc3ccccc3)c(Cl)cc2[nH]1)C(=O)O. The van der Waals surface area contributed by atoms with Crippen molar-refractivity contribution in [3.8, 4) is 0 Å². The molecule has 0 fully saturated rings. The summed E-state index contributed by atoms with van der Waals surface area (Å²) in [7, 11) is 0. The molecule has 2 aromatic carbocycles. The number of fused-ring (bicyclic) bond motifs is 1. The third-order valence-electron chi connectivity index (χ3n) is 3.25. The molecule has 1 aromatic heterocycles. The van der Waals surface area contributed by atoms with Gasteiger partial charge in [0.1, 0.15) is 0 Å². The van der Waals surface area contributed by atoms with Crippen molar-refractivity contribution in [3.05, 3.63) is 59.3 Å². The number of nitrogens with one attached hydrogen (secondary N) is 1. The molecule has 0 spiro atoms. The number of H-pyrrole nitrogens is 1. The van der Waals surface area contributed by atoms with Crippen LogP contribution in [0.3, 0.4) is 0 Å². The van der Waals surface area contributed by atoms with Gasteiger partial charge in [-0.1, -0.05) is 41.6 Å². The number of imidazole rings is 1. The number of aliphatic imine (C=N–C) groups is 1. The van der Waals surface area contributed by atoms with Crippen molar-refractivity contribution >= 4 is 52.5 Å². The first-order valence-electron chi connectivity index (χ1n) is 7.18. The molecule has 3 rings (SSSR count). The molecule has 8 heteroatoms. The molecule has 0 aliphatic rings. The first-order chi connectivity index (χ1) is 12.1. The number of hydrogen-bond acceptors (Lipinski definition) is 5. The zero-order valence-electron chi connectivity index (χ0n) is 12.8. The summed E-state index contributed by atoms with van der Waals surface area (Å²) in [6, 6.07) is 13.5. The summed E-state index contributed by atoms with van der Waals surface area (Å²) >= 11 is 7.88. The lowest BCUT2D eigenvalue weighted by atomic mass is 10.3. The monoisotopic (exact) mass is 372 g/mol. The van der Waals surface area contributed by atoms with Gasteiger partial charge in [-0.2, -0.15) is 0 Å². The van der Waals surface area contributed by atoms with Crippen LogP contribution in [0.1, 0.15) is 0 Å². The van der Waals surface area contributed by atoms with Crippen LogP contribution in [0.25, 0.3) is 11.0 Å². The fraction of sp³-hybridized carbons (Fsp3) is 0. The number of carboxylic acids is 1. The Morgan fingerprint density at radius 3 is 2.76 bits per heavy atom. The van der Waals surface area contributed by atoms with E-state index in [0.717, 1.165) is 22.2 Å². The summed E-state index contributed by atoms with van der Waals surface area (Å²) in [5.74, 6) is -0.888. The average Bonchev–Trinajstić information content (AvgIpc) is 2.98. The Morgan fingerprint density at radius 1 is 1.32 bits per heavy atom. The van der Waals surface area contributed by atoms with E-state index in [2.05, 4.69) is 15.0 Å². The van der Waals surface area contributed by atoms with Crippen molar-refractivity contribution in [2.24, 2.45) is 10.7 Å². The predicted molar refractivity (Wildman–Crippen MR) is 99.7 cm³/mol. The van der Waals surface area contributed by atoms with Crippen LogP contribution in [-0.2, 0) is 4.79 Å². The molecular weight excluding hydrogens is 360 g/mol. The van der Waals surface area contributed by atoms with Gasteiger partial charge in [-0.05, 0) is 24.3 Å². The topological polar surface area (TPSA) is 104 Å². The molecular formula is C17H13ClN4O2S. The number of carbonyl (C=O) groups is 1. The van der Waals surface area contributed by atoms with Gasteiger partial charge in [-0.25, -0.2) is 14.8 Å². The number of rotatable bonds is 5. The molecule has 3 aromatic rings. The second-order valence-corrected chi connectivity index (χ2v) is 6.48. The van der Waals surface area contributed by atoms with E-state index in [9.17, 15) is 4.79 Å². The number of halogens is 1. The predicted octanol–water partition coefficient (Wildman–Crippen LogP) is 4.00. The van der Waals surface area contributed by atoms with Crippen molar-refractivity contribution in [2.45, 2.75) is 9.79 Å². The van der Waals surface area contributed by atoms with Crippen LogP contribution < -0.4 is 5.73 Å². The van der Waals surface area contributed by atoms with E-state index in [4.69, 9.17) is 22.4 Å². The molecule has 0 aliphatic carbocycles. The zero-order chi connectivity index (χ0) is 17.8. The van der Waals surface area contributed by atoms with Crippen LogP contribution in [0.4, 0.5) is 5.95 Å². The third kappa shape index (κ3) is 4.01. The summed E-state index contributed by atoms with van der Waals surface area (Å²) in [6.45, 7) is 0. The Bertz CT molecular complexity index is 983. The van der Waals surface area contributed by atoms with E-state index in [-0.39, 0.29) is 11.5 Å². The van der Waals surface area contributed by atoms with E-state index >= 15 is 0 Å². The third-order valence-corrected chi connectivity index (χ3v) is 4.74. The lowest BCUT2D eigenvalue weighted by molar-refractivity contribution is -0.132. The number of aromatic nitrogens is 2. The van der Waals surface area contributed by atoms with E-state index in [0.29, 0.717) is 16.1 Å². The number of nitrogens with two attached hydrogens (primary N) is 1. The Hall–Kier alpha value is -2.77. The molecule has 0 aliphatic heterocycles. The molecule has 0 radical (unpaired) electrons. The van der Waals surface area contributed by atoms with Crippen LogP contribution >= 0.6 is 23.4 Å². The summed E-state index contributed by atoms with van der Waals surface area (Å²) in [5, 5.41) is 9.50. The highest BCUT2D eigenvalue weighted by Crippen LogP contribution is 2.35. The Labute approximate surface area is 152 Å². The van der Waals surface area contributed by atoms with Gasteiger partial charge in [0.15, 0.2) is 0 Å². The number of aliphatic carboxylic acids is 1. The maximum atomic E-state index is 10.9. The van der Waals surface area contributed by atoms with Gasteiger partial charge in [-0.15, -0.1) is 0 Å². The molecule has 4 N–H and O–H groups in total. The molecule has 0 amide bonds. The molecule has 0 bridgehead atoms. The Kier molecular flexibility index (Phi) is 5.06. The van der Waals surface area contributed by atoms with Crippen molar-refractivity contribution in [2.75, 3.05) is 0 Å². The second-order valence-electron chi connectivity index (χ2n) is 4.96. The summed E-state index contributed by atoms with van der Waals surface area (Å²) in [6.07, 6.45) is 2.11. The average molecular weight is 373 g/mol. The van der Waals surface area contributed by atoms with Gasteiger partial charge < -0.3 is 15.8 Å². The zero-order valence-corrected chi connectivity index (χ0v) is 14.4. The fourth-order valence-corrected chi connectivity index (χ4v) is 3.21. The van der Waals surface area contributed by atoms with E-state index in [1.807, 2.05) is 36.4 Å². The highest BCUT2D eigenvalue weighted by atomic mass is 35.5. The van der Waals surface area contributed by atoms with Crippen LogP contribution in [0.15, 0.2) is 69.0 Å². The van der Waals surface area contributed by atoms with Gasteiger partial charge in [-0.3, -0.25) is 0 Å². The minimum atomic E-state index is -1.16. The van der Waals surface area contributed by atoms with E-state index in [1.54, 1.807) is 6.07 Å². The minimum Gasteiger partial charge on any atom is -0.478 e. The van der Waals surface area contributed by atoms with Crippen LogP contribution in [-0.4, -0.2) is 27.3 Å². The van der Waals surface area contributed by atoms with Crippen LogP contribution in [0, 0.1) is 0 Å². The smallest absolute Gasteiger partial charge is 0.338 e. The first kappa shape index (κ1) is 17.1. The first-order valence-corrected chi connectivity index (χ1v) is 8.37. The van der Waals surface area contributed by atoms with Gasteiger partial charge >= 0.3 is 5.97 Å². The summed E-state index contributed by atoms with van der Waals surface area (Å²) in [4.78, 5) is 24.2. The number of hydrogen-bond donors (Lipinski definition) is 3. The lowest BCUT2D eigenvalue weighted by Crippen LogP contribution is -2.04. The number of nitrogens with zero attached hydrogens (tertiary/aromatic N) is 2.